The highest BCUT2D eigenvalue weighted by Gasteiger charge is 2.18. The molecule has 2 N–H and O–H groups in total. The van der Waals surface area contributed by atoms with Crippen LogP contribution in [0.25, 0.3) is 0 Å². The SMILES string of the molecule is N#CCc1c2cccc1Cc1cccc(c1O)Cc1cccc(c1CC#N)Cc1cccc(c1O)C2. The lowest BCUT2D eigenvalue weighted by molar-refractivity contribution is 0.463. The van der Waals surface area contributed by atoms with Crippen LogP contribution < -0.4 is 0 Å². The number of benzene rings is 4. The Balaban J connectivity index is 1.74. The van der Waals surface area contributed by atoms with Crippen molar-refractivity contribution in [3.8, 4) is 23.6 Å². The van der Waals surface area contributed by atoms with E-state index in [-0.39, 0.29) is 24.3 Å². The second-order valence-electron chi connectivity index (χ2n) is 9.34. The van der Waals surface area contributed by atoms with Gasteiger partial charge in [-0.25, -0.2) is 0 Å². The summed E-state index contributed by atoms with van der Waals surface area (Å²) in [5, 5.41) is 41.7. The Bertz CT molecular complexity index is 1340. The molecule has 0 heterocycles. The number of nitriles is 2. The molecule has 4 aromatic rings. The Labute approximate surface area is 211 Å². The van der Waals surface area contributed by atoms with Crippen molar-refractivity contribution in [3.63, 3.8) is 0 Å². The van der Waals surface area contributed by atoms with Crippen LogP contribution in [0.5, 0.6) is 11.5 Å². The van der Waals surface area contributed by atoms with Crippen LogP contribution in [-0.2, 0) is 38.5 Å². The highest BCUT2D eigenvalue weighted by molar-refractivity contribution is 5.53. The largest absolute Gasteiger partial charge is 0.507 e. The van der Waals surface area contributed by atoms with Gasteiger partial charge in [0.05, 0.1) is 25.0 Å². The predicted octanol–water partition coefficient (Wildman–Crippen LogP) is 5.91. The number of para-hydroxylation sites is 2. The monoisotopic (exact) mass is 470 g/mol. The molecule has 0 radical (unpaired) electrons. The minimum absolute atomic E-state index is 0.258. The van der Waals surface area contributed by atoms with Crippen molar-refractivity contribution in [1.29, 1.82) is 10.5 Å². The molecule has 0 spiro atoms. The van der Waals surface area contributed by atoms with Crippen LogP contribution in [0.3, 0.4) is 0 Å². The Morgan fingerprint density at radius 2 is 0.722 bits per heavy atom. The summed E-state index contributed by atoms with van der Waals surface area (Å²) in [6.45, 7) is 0. The second kappa shape index (κ2) is 9.98. The van der Waals surface area contributed by atoms with Crippen LogP contribution in [0, 0.1) is 22.7 Å². The van der Waals surface area contributed by atoms with Gasteiger partial charge >= 0.3 is 0 Å². The van der Waals surface area contributed by atoms with Crippen LogP contribution >= 0.6 is 0 Å². The van der Waals surface area contributed by atoms with Gasteiger partial charge in [-0.15, -0.1) is 0 Å². The number of rotatable bonds is 2. The van der Waals surface area contributed by atoms with Crippen molar-refractivity contribution in [2.75, 3.05) is 0 Å². The van der Waals surface area contributed by atoms with Gasteiger partial charge in [-0.1, -0.05) is 72.8 Å². The first-order valence-electron chi connectivity index (χ1n) is 12.1. The first-order chi connectivity index (χ1) is 17.6. The summed E-state index contributed by atoms with van der Waals surface area (Å²) in [4.78, 5) is 0. The Morgan fingerprint density at radius 3 is 0.972 bits per heavy atom. The Kier molecular flexibility index (Phi) is 6.44. The van der Waals surface area contributed by atoms with Gasteiger partial charge in [0.1, 0.15) is 11.5 Å². The lowest BCUT2D eigenvalue weighted by Crippen LogP contribution is -2.05. The minimum Gasteiger partial charge on any atom is -0.507 e. The van der Waals surface area contributed by atoms with Crippen LogP contribution in [0.2, 0.25) is 0 Å². The molecule has 0 saturated carbocycles. The van der Waals surface area contributed by atoms with Crippen LogP contribution in [0.1, 0.15) is 55.6 Å². The van der Waals surface area contributed by atoms with Crippen LogP contribution in [0.4, 0.5) is 0 Å². The van der Waals surface area contributed by atoms with E-state index in [9.17, 15) is 20.7 Å². The molecule has 0 saturated heterocycles. The summed E-state index contributed by atoms with van der Waals surface area (Å²) in [6, 6.07) is 28.2. The molecule has 0 amide bonds. The Morgan fingerprint density at radius 1 is 0.472 bits per heavy atom. The van der Waals surface area contributed by atoms with E-state index >= 15 is 0 Å². The van der Waals surface area contributed by atoms with Gasteiger partial charge in [0.2, 0.25) is 0 Å². The summed E-state index contributed by atoms with van der Waals surface area (Å²) >= 11 is 0. The quantitative estimate of drug-likeness (QED) is 0.336. The van der Waals surface area contributed by atoms with Gasteiger partial charge in [-0.3, -0.25) is 0 Å². The fourth-order valence-electron chi connectivity index (χ4n) is 5.33. The topological polar surface area (TPSA) is 88.0 Å². The molecule has 4 heteroatoms. The average Bonchev–Trinajstić information content (AvgIpc) is 2.87. The van der Waals surface area contributed by atoms with Gasteiger partial charge < -0.3 is 10.2 Å². The van der Waals surface area contributed by atoms with Crippen molar-refractivity contribution < 1.29 is 10.2 Å². The summed E-state index contributed by atoms with van der Waals surface area (Å²) in [5.74, 6) is 0.517. The molecule has 1 aliphatic rings. The molecule has 4 aromatic carbocycles. The zero-order valence-corrected chi connectivity index (χ0v) is 20.0. The zero-order chi connectivity index (χ0) is 25.1. The van der Waals surface area contributed by atoms with Crippen molar-refractivity contribution in [3.05, 3.63) is 128 Å². The first-order valence-corrected chi connectivity index (χ1v) is 12.1. The average molecular weight is 471 g/mol. The van der Waals surface area contributed by atoms with Crippen molar-refractivity contribution in [1.82, 2.24) is 0 Å². The number of phenolic OH excluding ortho intramolecular Hbond substituents is 2. The molecule has 0 fully saturated rings. The molecule has 8 bridgehead atoms. The summed E-state index contributed by atoms with van der Waals surface area (Å²) < 4.78 is 0. The number of phenols is 2. The maximum absolute atomic E-state index is 11.2. The van der Waals surface area contributed by atoms with E-state index in [0.717, 1.165) is 55.6 Å². The maximum Gasteiger partial charge on any atom is 0.122 e. The number of hydrogen-bond acceptors (Lipinski definition) is 4. The molecule has 1 aliphatic carbocycles. The maximum atomic E-state index is 11.2. The van der Waals surface area contributed by atoms with E-state index in [0.29, 0.717) is 25.7 Å². The highest BCUT2D eigenvalue weighted by Crippen LogP contribution is 2.34. The van der Waals surface area contributed by atoms with E-state index in [1.165, 1.54) is 0 Å². The number of nitrogens with zero attached hydrogens (tertiary/aromatic N) is 2. The van der Waals surface area contributed by atoms with E-state index in [2.05, 4.69) is 12.1 Å². The second-order valence-corrected chi connectivity index (χ2v) is 9.34. The number of fused-ring (bicyclic) bond motifs is 8. The third-order valence-corrected chi connectivity index (χ3v) is 7.18. The molecule has 176 valence electrons. The molecule has 0 aromatic heterocycles. The molecular weight excluding hydrogens is 444 g/mol. The van der Waals surface area contributed by atoms with Gasteiger partial charge in [0, 0.05) is 25.7 Å². The summed E-state index contributed by atoms with van der Waals surface area (Å²) in [6.07, 6.45) is 2.52. The third kappa shape index (κ3) is 4.42. The normalized spacial score (nSPS) is 12.4. The fourth-order valence-corrected chi connectivity index (χ4v) is 5.33. The summed E-state index contributed by atoms with van der Waals surface area (Å²) in [5.41, 5.74) is 9.10. The van der Waals surface area contributed by atoms with Crippen molar-refractivity contribution in [2.45, 2.75) is 38.5 Å². The van der Waals surface area contributed by atoms with E-state index < -0.39 is 0 Å². The Hall–Kier alpha value is -4.54. The van der Waals surface area contributed by atoms with Crippen LogP contribution in [-0.4, -0.2) is 10.2 Å². The predicted molar refractivity (Wildman–Crippen MR) is 139 cm³/mol. The lowest BCUT2D eigenvalue weighted by atomic mass is 9.87. The van der Waals surface area contributed by atoms with Crippen LogP contribution in [0.15, 0.2) is 72.8 Å². The van der Waals surface area contributed by atoms with Crippen molar-refractivity contribution in [2.24, 2.45) is 0 Å². The molecule has 0 atom stereocenters. The van der Waals surface area contributed by atoms with E-state index in [1.54, 1.807) is 0 Å². The molecular formula is C32H26N2O2. The van der Waals surface area contributed by atoms with Gasteiger partial charge in [0.25, 0.3) is 0 Å². The highest BCUT2D eigenvalue weighted by atomic mass is 16.3. The number of aromatic hydroxyl groups is 2. The molecule has 5 rings (SSSR count). The smallest absolute Gasteiger partial charge is 0.122 e. The third-order valence-electron chi connectivity index (χ3n) is 7.18. The number of hydrogen-bond donors (Lipinski definition) is 2. The lowest BCUT2D eigenvalue weighted by Gasteiger charge is -2.19. The first kappa shape index (κ1) is 23.2. The molecule has 0 unspecified atom stereocenters. The molecule has 36 heavy (non-hydrogen) atoms. The van der Waals surface area contributed by atoms with E-state index in [1.807, 2.05) is 72.8 Å². The van der Waals surface area contributed by atoms with Crippen molar-refractivity contribution >= 4 is 0 Å². The van der Waals surface area contributed by atoms with Gasteiger partial charge in [-0.2, -0.15) is 10.5 Å². The zero-order valence-electron chi connectivity index (χ0n) is 20.0. The fraction of sp³-hybridized carbons (Fsp3) is 0.188. The van der Waals surface area contributed by atoms with Gasteiger partial charge in [-0.05, 0) is 55.6 Å². The van der Waals surface area contributed by atoms with Gasteiger partial charge in [0.15, 0.2) is 0 Å². The molecule has 0 aliphatic heterocycles. The standard InChI is InChI=1S/C32H26N2O2/c33-15-13-29-21-5-1-6-22(29)18-26-10-4-12-28(32(26)36)20-24-8-2-7-23(30(24)14-16-34)19-27-11-3-9-25(17-21)31(27)35/h1-12,35-36H,13-14,17-20H2. The molecule has 4 nitrogen and oxygen atoms in total. The summed E-state index contributed by atoms with van der Waals surface area (Å²) in [7, 11) is 0. The minimum atomic E-state index is 0.258. The van der Waals surface area contributed by atoms with E-state index in [4.69, 9.17) is 0 Å².